The molecular formula is C14H16N4O3. The highest BCUT2D eigenvalue weighted by Crippen LogP contribution is 2.37. The second-order valence-electron chi connectivity index (χ2n) is 5.44. The largest absolute Gasteiger partial charge is 0.481 e. The maximum absolute atomic E-state index is 12.3. The van der Waals surface area contributed by atoms with Crippen LogP contribution in [-0.2, 0) is 4.79 Å². The maximum Gasteiger partial charge on any atom is 0.311 e. The van der Waals surface area contributed by atoms with Gasteiger partial charge in [-0.25, -0.2) is 4.52 Å². The Kier molecular flexibility index (Phi) is 3.32. The van der Waals surface area contributed by atoms with E-state index in [4.69, 9.17) is 0 Å². The van der Waals surface area contributed by atoms with Crippen LogP contribution in [0.2, 0.25) is 0 Å². The van der Waals surface area contributed by atoms with E-state index in [-0.39, 0.29) is 12.5 Å². The molecule has 110 valence electrons. The van der Waals surface area contributed by atoms with Crippen LogP contribution in [0, 0.1) is 5.41 Å². The lowest BCUT2D eigenvalue weighted by molar-refractivity contribution is -0.148. The summed E-state index contributed by atoms with van der Waals surface area (Å²) >= 11 is 0. The molecule has 2 aromatic heterocycles. The molecule has 7 nitrogen and oxygen atoms in total. The Morgan fingerprint density at radius 2 is 2.10 bits per heavy atom. The Morgan fingerprint density at radius 3 is 2.81 bits per heavy atom. The quantitative estimate of drug-likeness (QED) is 0.878. The first-order chi connectivity index (χ1) is 10.1. The summed E-state index contributed by atoms with van der Waals surface area (Å²) in [5.41, 5.74) is 0.184. The molecule has 1 aliphatic rings. The predicted octanol–water partition coefficient (Wildman–Crippen LogP) is 1.10. The minimum absolute atomic E-state index is 0.152. The van der Waals surface area contributed by atoms with Gasteiger partial charge in [0, 0.05) is 18.9 Å². The van der Waals surface area contributed by atoms with Crippen molar-refractivity contribution in [2.24, 2.45) is 5.41 Å². The number of amides is 1. The van der Waals surface area contributed by atoms with Crippen LogP contribution >= 0.6 is 0 Å². The Morgan fingerprint density at radius 1 is 1.33 bits per heavy atom. The van der Waals surface area contributed by atoms with Crippen LogP contribution < -0.4 is 5.32 Å². The molecule has 0 radical (unpaired) electrons. The number of aliphatic carboxylic acids is 1. The molecule has 0 unspecified atom stereocenters. The van der Waals surface area contributed by atoms with Crippen molar-refractivity contribution >= 4 is 17.4 Å². The molecule has 0 aliphatic heterocycles. The molecule has 1 aliphatic carbocycles. The van der Waals surface area contributed by atoms with Crippen LogP contribution in [-0.4, -0.2) is 38.1 Å². The number of hydrogen-bond donors (Lipinski definition) is 2. The van der Waals surface area contributed by atoms with Gasteiger partial charge in [0.2, 0.25) is 0 Å². The van der Waals surface area contributed by atoms with Gasteiger partial charge in [-0.15, -0.1) is 0 Å². The zero-order chi connectivity index (χ0) is 14.9. The third-order valence-corrected chi connectivity index (χ3v) is 4.17. The van der Waals surface area contributed by atoms with Crippen molar-refractivity contribution in [3.63, 3.8) is 0 Å². The highest BCUT2D eigenvalue weighted by molar-refractivity contribution is 6.00. The minimum atomic E-state index is -0.832. The fraction of sp³-hybridized carbons (Fsp3) is 0.429. The van der Waals surface area contributed by atoms with Gasteiger partial charge in [0.25, 0.3) is 5.91 Å². The lowest BCUT2D eigenvalue weighted by Gasteiger charge is -2.23. The van der Waals surface area contributed by atoms with E-state index in [0.29, 0.717) is 23.9 Å². The van der Waals surface area contributed by atoms with E-state index < -0.39 is 11.4 Å². The van der Waals surface area contributed by atoms with Crippen molar-refractivity contribution in [2.45, 2.75) is 25.7 Å². The van der Waals surface area contributed by atoms with E-state index in [1.54, 1.807) is 23.1 Å². The summed E-state index contributed by atoms with van der Waals surface area (Å²) in [5, 5.41) is 16.2. The smallest absolute Gasteiger partial charge is 0.311 e. The number of nitrogens with one attached hydrogen (secondary N) is 1. The molecule has 1 fully saturated rings. The molecule has 0 atom stereocenters. The fourth-order valence-corrected chi connectivity index (χ4v) is 2.87. The van der Waals surface area contributed by atoms with E-state index in [1.807, 2.05) is 0 Å². The first-order valence-electron chi connectivity index (χ1n) is 6.91. The summed E-state index contributed by atoms with van der Waals surface area (Å²) in [6.07, 6.45) is 9.27. The standard InChI is InChI=1S/C14H16N4O3/c19-12(10-7-17-18-6-5-15-8-11(10)18)16-9-14(13(20)21)3-1-2-4-14/h5-8H,1-4,9H2,(H,16,19)(H,20,21). The third-order valence-electron chi connectivity index (χ3n) is 4.17. The second-order valence-corrected chi connectivity index (χ2v) is 5.44. The molecule has 0 bridgehead atoms. The number of carboxylic acids is 1. The SMILES string of the molecule is O=C(NCC1(C(=O)O)CCCC1)c1cnn2ccncc12. The molecule has 3 rings (SSSR count). The van der Waals surface area contributed by atoms with Crippen molar-refractivity contribution in [3.8, 4) is 0 Å². The molecule has 0 saturated heterocycles. The maximum atomic E-state index is 12.3. The van der Waals surface area contributed by atoms with Gasteiger partial charge >= 0.3 is 5.97 Å². The van der Waals surface area contributed by atoms with Crippen molar-refractivity contribution in [3.05, 3.63) is 30.4 Å². The molecule has 0 aromatic carbocycles. The molecule has 1 saturated carbocycles. The van der Waals surface area contributed by atoms with Crippen LogP contribution in [0.25, 0.3) is 5.52 Å². The normalized spacial score (nSPS) is 17.0. The molecule has 7 heteroatoms. The van der Waals surface area contributed by atoms with Crippen molar-refractivity contribution < 1.29 is 14.7 Å². The number of carbonyl (C=O) groups excluding carboxylic acids is 1. The Hall–Kier alpha value is -2.44. The number of carbonyl (C=O) groups is 2. The number of fused-ring (bicyclic) bond motifs is 1. The molecule has 0 spiro atoms. The van der Waals surface area contributed by atoms with Crippen molar-refractivity contribution in [1.82, 2.24) is 19.9 Å². The van der Waals surface area contributed by atoms with Gasteiger partial charge in [-0.1, -0.05) is 12.8 Å². The Balaban J connectivity index is 1.76. The summed E-state index contributed by atoms with van der Waals surface area (Å²) in [6.45, 7) is 0.152. The van der Waals surface area contributed by atoms with E-state index in [0.717, 1.165) is 12.8 Å². The van der Waals surface area contributed by atoms with Crippen LogP contribution in [0.1, 0.15) is 36.0 Å². The van der Waals surface area contributed by atoms with Crippen molar-refractivity contribution in [1.29, 1.82) is 0 Å². The number of rotatable bonds is 4. The zero-order valence-corrected chi connectivity index (χ0v) is 11.5. The lowest BCUT2D eigenvalue weighted by atomic mass is 9.86. The van der Waals surface area contributed by atoms with Crippen LogP contribution in [0.3, 0.4) is 0 Å². The Bertz CT molecular complexity index is 688. The Labute approximate surface area is 121 Å². The summed E-state index contributed by atoms with van der Waals surface area (Å²) in [5.74, 6) is -1.15. The predicted molar refractivity (Wildman–Crippen MR) is 73.9 cm³/mol. The molecule has 2 N–H and O–H groups in total. The van der Waals surface area contributed by atoms with Gasteiger partial charge in [-0.3, -0.25) is 14.6 Å². The summed E-state index contributed by atoms with van der Waals surface area (Å²) in [4.78, 5) is 27.7. The van der Waals surface area contributed by atoms with Crippen LogP contribution in [0.4, 0.5) is 0 Å². The molecule has 21 heavy (non-hydrogen) atoms. The first-order valence-corrected chi connectivity index (χ1v) is 6.91. The number of nitrogens with zero attached hydrogens (tertiary/aromatic N) is 3. The zero-order valence-electron chi connectivity index (χ0n) is 11.5. The summed E-state index contributed by atoms with van der Waals surface area (Å²) in [7, 11) is 0. The van der Waals surface area contributed by atoms with Gasteiger partial charge in [0.15, 0.2) is 0 Å². The lowest BCUT2D eigenvalue weighted by Crippen LogP contribution is -2.41. The second kappa shape index (κ2) is 5.16. The average Bonchev–Trinajstić information content (AvgIpc) is 3.12. The highest BCUT2D eigenvalue weighted by atomic mass is 16.4. The number of carboxylic acid groups (broad SMARTS) is 1. The van der Waals surface area contributed by atoms with Gasteiger partial charge in [0.1, 0.15) is 0 Å². The minimum Gasteiger partial charge on any atom is -0.481 e. The van der Waals surface area contributed by atoms with E-state index in [1.165, 1.54) is 6.20 Å². The van der Waals surface area contributed by atoms with Gasteiger partial charge < -0.3 is 10.4 Å². The fourth-order valence-electron chi connectivity index (χ4n) is 2.87. The van der Waals surface area contributed by atoms with Gasteiger partial charge in [-0.2, -0.15) is 5.10 Å². The first kappa shape index (κ1) is 13.5. The number of aromatic nitrogens is 3. The van der Waals surface area contributed by atoms with Crippen molar-refractivity contribution in [2.75, 3.05) is 6.54 Å². The monoisotopic (exact) mass is 288 g/mol. The molecule has 2 aromatic rings. The summed E-state index contributed by atoms with van der Waals surface area (Å²) < 4.78 is 1.56. The van der Waals surface area contributed by atoms with E-state index >= 15 is 0 Å². The topological polar surface area (TPSA) is 96.6 Å². The number of hydrogen-bond acceptors (Lipinski definition) is 4. The van der Waals surface area contributed by atoms with E-state index in [9.17, 15) is 14.7 Å². The van der Waals surface area contributed by atoms with Gasteiger partial charge in [-0.05, 0) is 12.8 Å². The third kappa shape index (κ3) is 2.35. The van der Waals surface area contributed by atoms with Crippen LogP contribution in [0.15, 0.2) is 24.8 Å². The average molecular weight is 288 g/mol. The molecule has 2 heterocycles. The highest BCUT2D eigenvalue weighted by Gasteiger charge is 2.41. The van der Waals surface area contributed by atoms with Crippen LogP contribution in [0.5, 0.6) is 0 Å². The van der Waals surface area contributed by atoms with E-state index in [2.05, 4.69) is 15.4 Å². The molecule has 1 amide bonds. The summed E-state index contributed by atoms with van der Waals surface area (Å²) in [6, 6.07) is 0. The van der Waals surface area contributed by atoms with Gasteiger partial charge in [0.05, 0.1) is 28.9 Å². The molecular weight excluding hydrogens is 272 g/mol.